The van der Waals surface area contributed by atoms with Gasteiger partial charge in [0.05, 0.1) is 19.3 Å². The van der Waals surface area contributed by atoms with Crippen LogP contribution in [-0.4, -0.2) is 32.4 Å². The van der Waals surface area contributed by atoms with Gasteiger partial charge >= 0.3 is 0 Å². The predicted octanol–water partition coefficient (Wildman–Crippen LogP) is 2.84. The van der Waals surface area contributed by atoms with Crippen molar-refractivity contribution in [3.63, 3.8) is 0 Å². The number of aryl methyl sites for hydroxylation is 1. The van der Waals surface area contributed by atoms with E-state index in [4.69, 9.17) is 9.47 Å². The van der Waals surface area contributed by atoms with Gasteiger partial charge in [0, 0.05) is 19.2 Å². The van der Waals surface area contributed by atoms with E-state index >= 15 is 0 Å². The normalized spacial score (nSPS) is 16.5. The summed E-state index contributed by atoms with van der Waals surface area (Å²) in [5.41, 5.74) is 2.58. The standard InChI is InChI=1S/C16H25NO2/c1-3-18-10-11-19-16(12-17-14-8-9-14)15-7-5-4-6-13(15)2/h4-7,14,16-17H,3,8-12H2,1-2H3. The minimum atomic E-state index is 0.127. The van der Waals surface area contributed by atoms with Crippen molar-refractivity contribution in [1.29, 1.82) is 0 Å². The molecule has 1 atom stereocenters. The van der Waals surface area contributed by atoms with Crippen LogP contribution in [0.25, 0.3) is 0 Å². The topological polar surface area (TPSA) is 30.5 Å². The zero-order valence-corrected chi connectivity index (χ0v) is 12.0. The lowest BCUT2D eigenvalue weighted by molar-refractivity contribution is 0.00647. The molecule has 1 unspecified atom stereocenters. The van der Waals surface area contributed by atoms with Crippen LogP contribution < -0.4 is 5.32 Å². The van der Waals surface area contributed by atoms with Crippen LogP contribution in [0.15, 0.2) is 24.3 Å². The van der Waals surface area contributed by atoms with Crippen LogP contribution in [0.5, 0.6) is 0 Å². The quantitative estimate of drug-likeness (QED) is 0.695. The van der Waals surface area contributed by atoms with Gasteiger partial charge in [-0.1, -0.05) is 24.3 Å². The molecule has 1 aliphatic rings. The minimum absolute atomic E-state index is 0.127. The molecule has 0 aromatic heterocycles. The van der Waals surface area contributed by atoms with E-state index in [2.05, 4.69) is 36.5 Å². The number of rotatable bonds is 9. The largest absolute Gasteiger partial charge is 0.379 e. The molecule has 2 rings (SSSR count). The Labute approximate surface area is 116 Å². The predicted molar refractivity (Wildman–Crippen MR) is 77.4 cm³/mol. The SMILES string of the molecule is CCOCCOC(CNC1CC1)c1ccccc1C. The first kappa shape index (κ1) is 14.5. The number of nitrogens with one attached hydrogen (secondary N) is 1. The van der Waals surface area contributed by atoms with Gasteiger partial charge in [0.2, 0.25) is 0 Å². The zero-order chi connectivity index (χ0) is 13.5. The van der Waals surface area contributed by atoms with Crippen LogP contribution in [0.3, 0.4) is 0 Å². The fourth-order valence-electron chi connectivity index (χ4n) is 2.16. The van der Waals surface area contributed by atoms with Crippen molar-refractivity contribution in [3.05, 3.63) is 35.4 Å². The number of benzene rings is 1. The molecule has 1 aromatic carbocycles. The maximum atomic E-state index is 6.00. The molecular weight excluding hydrogens is 238 g/mol. The van der Waals surface area contributed by atoms with Crippen molar-refractivity contribution in [2.45, 2.75) is 38.8 Å². The summed E-state index contributed by atoms with van der Waals surface area (Å²) in [4.78, 5) is 0. The van der Waals surface area contributed by atoms with Gasteiger partial charge in [0.15, 0.2) is 0 Å². The van der Waals surface area contributed by atoms with Crippen molar-refractivity contribution in [2.75, 3.05) is 26.4 Å². The van der Waals surface area contributed by atoms with E-state index in [-0.39, 0.29) is 6.10 Å². The molecule has 0 radical (unpaired) electrons. The van der Waals surface area contributed by atoms with Crippen LogP contribution in [0.1, 0.15) is 37.0 Å². The average molecular weight is 263 g/mol. The fraction of sp³-hybridized carbons (Fsp3) is 0.625. The van der Waals surface area contributed by atoms with Crippen LogP contribution in [0, 0.1) is 6.92 Å². The Kier molecular flexibility index (Phi) is 5.83. The van der Waals surface area contributed by atoms with Crippen LogP contribution >= 0.6 is 0 Å². The highest BCUT2D eigenvalue weighted by molar-refractivity contribution is 5.28. The second kappa shape index (κ2) is 7.63. The summed E-state index contributed by atoms with van der Waals surface area (Å²) in [6, 6.07) is 9.17. The molecule has 3 nitrogen and oxygen atoms in total. The lowest BCUT2D eigenvalue weighted by Crippen LogP contribution is -2.26. The summed E-state index contributed by atoms with van der Waals surface area (Å²) in [5.74, 6) is 0. The van der Waals surface area contributed by atoms with Gasteiger partial charge in [0.25, 0.3) is 0 Å². The van der Waals surface area contributed by atoms with Crippen molar-refractivity contribution in [3.8, 4) is 0 Å². The van der Waals surface area contributed by atoms with Crippen molar-refractivity contribution in [2.24, 2.45) is 0 Å². The Morgan fingerprint density at radius 2 is 2.05 bits per heavy atom. The number of hydrogen-bond donors (Lipinski definition) is 1. The summed E-state index contributed by atoms with van der Waals surface area (Å²) < 4.78 is 11.3. The molecule has 0 spiro atoms. The van der Waals surface area contributed by atoms with Crippen molar-refractivity contribution < 1.29 is 9.47 Å². The van der Waals surface area contributed by atoms with E-state index in [1.54, 1.807) is 0 Å². The van der Waals surface area contributed by atoms with Gasteiger partial charge in [0.1, 0.15) is 0 Å². The molecule has 0 bridgehead atoms. The smallest absolute Gasteiger partial charge is 0.0953 e. The number of ether oxygens (including phenoxy) is 2. The highest BCUT2D eigenvalue weighted by Crippen LogP contribution is 2.23. The second-order valence-corrected chi connectivity index (χ2v) is 5.10. The molecule has 1 N–H and O–H groups in total. The molecule has 0 aliphatic heterocycles. The van der Waals surface area contributed by atoms with Crippen LogP contribution in [-0.2, 0) is 9.47 Å². The van der Waals surface area contributed by atoms with Crippen LogP contribution in [0.4, 0.5) is 0 Å². The molecule has 19 heavy (non-hydrogen) atoms. The van der Waals surface area contributed by atoms with Gasteiger partial charge in [-0.3, -0.25) is 0 Å². The molecule has 0 saturated heterocycles. The average Bonchev–Trinajstić information content (AvgIpc) is 3.23. The third-order valence-corrected chi connectivity index (χ3v) is 3.46. The van der Waals surface area contributed by atoms with Gasteiger partial charge < -0.3 is 14.8 Å². The Morgan fingerprint density at radius 3 is 2.74 bits per heavy atom. The molecule has 0 amide bonds. The molecule has 1 aliphatic carbocycles. The minimum Gasteiger partial charge on any atom is -0.379 e. The summed E-state index contributed by atoms with van der Waals surface area (Å²) in [6.07, 6.45) is 2.74. The molecule has 3 heteroatoms. The highest BCUT2D eigenvalue weighted by Gasteiger charge is 2.23. The van der Waals surface area contributed by atoms with Gasteiger partial charge in [-0.05, 0) is 37.8 Å². The van der Waals surface area contributed by atoms with E-state index in [1.807, 2.05) is 6.92 Å². The summed E-state index contributed by atoms with van der Waals surface area (Å²) in [5, 5.41) is 3.56. The Morgan fingerprint density at radius 1 is 1.26 bits per heavy atom. The molecule has 106 valence electrons. The third kappa shape index (κ3) is 4.94. The van der Waals surface area contributed by atoms with E-state index in [0.29, 0.717) is 19.3 Å². The second-order valence-electron chi connectivity index (χ2n) is 5.10. The molecule has 1 aromatic rings. The highest BCUT2D eigenvalue weighted by atomic mass is 16.5. The molecule has 1 saturated carbocycles. The summed E-state index contributed by atoms with van der Waals surface area (Å²) in [6.45, 7) is 7.11. The van der Waals surface area contributed by atoms with Gasteiger partial charge in [-0.15, -0.1) is 0 Å². The molecule has 1 fully saturated rings. The zero-order valence-electron chi connectivity index (χ0n) is 12.0. The molecular formula is C16H25NO2. The van der Waals surface area contributed by atoms with E-state index in [9.17, 15) is 0 Å². The van der Waals surface area contributed by atoms with E-state index in [0.717, 1.165) is 13.2 Å². The Balaban J connectivity index is 1.90. The first-order valence-corrected chi connectivity index (χ1v) is 7.29. The van der Waals surface area contributed by atoms with E-state index < -0.39 is 0 Å². The summed E-state index contributed by atoms with van der Waals surface area (Å²) in [7, 11) is 0. The van der Waals surface area contributed by atoms with E-state index in [1.165, 1.54) is 24.0 Å². The van der Waals surface area contributed by atoms with Crippen LogP contribution in [0.2, 0.25) is 0 Å². The van der Waals surface area contributed by atoms with Gasteiger partial charge in [-0.2, -0.15) is 0 Å². The monoisotopic (exact) mass is 263 g/mol. The third-order valence-electron chi connectivity index (χ3n) is 3.46. The maximum absolute atomic E-state index is 6.00. The Hall–Kier alpha value is -0.900. The number of hydrogen-bond acceptors (Lipinski definition) is 3. The fourth-order valence-corrected chi connectivity index (χ4v) is 2.16. The maximum Gasteiger partial charge on any atom is 0.0953 e. The molecule has 0 heterocycles. The van der Waals surface area contributed by atoms with Gasteiger partial charge in [-0.25, -0.2) is 0 Å². The summed E-state index contributed by atoms with van der Waals surface area (Å²) >= 11 is 0. The first-order valence-electron chi connectivity index (χ1n) is 7.29. The first-order chi connectivity index (χ1) is 9.31. The Bertz CT molecular complexity index is 377. The van der Waals surface area contributed by atoms with Crippen molar-refractivity contribution in [1.82, 2.24) is 5.32 Å². The lowest BCUT2D eigenvalue weighted by atomic mass is 10.0. The lowest BCUT2D eigenvalue weighted by Gasteiger charge is -2.21. The van der Waals surface area contributed by atoms with Crippen molar-refractivity contribution >= 4 is 0 Å².